The number of esters is 4. The number of nitrogens with one attached hydrogen (secondary N) is 1. The highest BCUT2D eigenvalue weighted by Gasteiger charge is 2.52. The Morgan fingerprint density at radius 1 is 0.622 bits per heavy atom. The second kappa shape index (κ2) is 17.7. The maximum atomic E-state index is 12.6. The number of carbonyl (C=O) groups is 5. The first-order valence-corrected chi connectivity index (χ1v) is 13.4. The smallest absolute Gasteiger partial charge is 0.308 e. The lowest BCUT2D eigenvalue weighted by Gasteiger charge is -2.44. The van der Waals surface area contributed by atoms with Gasteiger partial charge in [0.2, 0.25) is 12.2 Å². The molecule has 0 radical (unpaired) electrons. The molecule has 1 heterocycles. The molecular formula is C26H43NO10. The van der Waals surface area contributed by atoms with Crippen molar-refractivity contribution in [3.63, 3.8) is 0 Å². The monoisotopic (exact) mass is 549 g/mol. The molecule has 5 atom stereocenters. The van der Waals surface area contributed by atoms with Gasteiger partial charge in [0.05, 0.1) is 0 Å². The standard InChI is InChI=1S/C26H43NO10/c1-6-11-18(28)27-23-25(36-21(31)14-9-4)24(35-20(30)13-8-3)17(16-33-19(29)12-7-2)34-26(23)37-22(32)15-10-5/h17,23-26H,6-16H2,1-5H3,(H,27,28)/t17-,23-,24-,25-,26?/m1/s1/i28+2,29+2,30+2,31+2,32+2,33+2,34+2,35+2,36+2,37+2. The number of rotatable bonds is 16. The molecule has 11 heteroatoms. The molecule has 0 aromatic heterocycles. The predicted octanol–water partition coefficient (Wildman–Crippen LogP) is 3.11. The maximum absolute atomic E-state index is 12.6. The van der Waals surface area contributed by atoms with Crippen molar-refractivity contribution in [3.8, 4) is 0 Å². The Morgan fingerprint density at radius 2 is 1.08 bits per heavy atom. The van der Waals surface area contributed by atoms with Crippen LogP contribution in [0.4, 0.5) is 0 Å². The van der Waals surface area contributed by atoms with Gasteiger partial charge in [0.15, 0.2) is 12.2 Å². The van der Waals surface area contributed by atoms with Crippen molar-refractivity contribution in [1.29, 1.82) is 0 Å². The molecule has 0 aliphatic carbocycles. The third kappa shape index (κ3) is 11.5. The van der Waals surface area contributed by atoms with Crippen molar-refractivity contribution >= 4 is 29.8 Å². The van der Waals surface area contributed by atoms with Gasteiger partial charge in [-0.05, 0) is 32.1 Å². The summed E-state index contributed by atoms with van der Waals surface area (Å²) in [4.78, 5) is 62.2. The Kier molecular flexibility index (Phi) is 15.5. The fourth-order valence-electron chi connectivity index (χ4n) is 3.73. The average molecular weight is 550 g/mol. The second-order valence-electron chi connectivity index (χ2n) is 8.97. The normalized spacial score (nSPS) is 23.0. The van der Waals surface area contributed by atoms with Crippen LogP contribution in [0.3, 0.4) is 0 Å². The van der Waals surface area contributed by atoms with Crippen molar-refractivity contribution in [2.45, 2.75) is 129 Å². The first-order chi connectivity index (χ1) is 17.7. The highest BCUT2D eigenvalue weighted by molar-refractivity contribution is 5.77. The van der Waals surface area contributed by atoms with E-state index in [1.54, 1.807) is 20.8 Å². The Morgan fingerprint density at radius 3 is 1.59 bits per heavy atom. The molecule has 0 bridgehead atoms. The zero-order valence-electron chi connectivity index (χ0n) is 22.7. The summed E-state index contributed by atoms with van der Waals surface area (Å²) in [5.74, 6) is -2.60. The van der Waals surface area contributed by atoms with Crippen LogP contribution in [0.2, 0.25) is 0 Å². The Labute approximate surface area is 219 Å². The second-order valence-corrected chi connectivity index (χ2v) is 8.97. The van der Waals surface area contributed by atoms with Gasteiger partial charge in [-0.2, -0.15) is 0 Å². The molecular weight excluding hydrogens is 506 g/mol. The van der Waals surface area contributed by atoms with Crippen LogP contribution in [0, 0.1) is 0 Å². The number of hydrogen-bond acceptors (Lipinski definition) is 10. The van der Waals surface area contributed by atoms with E-state index in [4.69, 9.17) is 23.7 Å². The maximum Gasteiger partial charge on any atom is 0.308 e. The van der Waals surface area contributed by atoms with Crippen molar-refractivity contribution in [2.75, 3.05) is 6.61 Å². The summed E-state index contributed by atoms with van der Waals surface area (Å²) in [5.41, 5.74) is 0. The van der Waals surface area contributed by atoms with Gasteiger partial charge in [-0.1, -0.05) is 34.6 Å². The van der Waals surface area contributed by atoms with Crippen LogP contribution in [-0.4, -0.2) is 67.0 Å². The van der Waals surface area contributed by atoms with Gasteiger partial charge in [-0.25, -0.2) is 0 Å². The van der Waals surface area contributed by atoms with E-state index in [0.717, 1.165) is 0 Å². The molecule has 1 rings (SSSR count). The quantitative estimate of drug-likeness (QED) is 0.173. The molecule has 0 saturated carbocycles. The Bertz CT molecular complexity index is 756. The molecule has 1 aliphatic rings. The van der Waals surface area contributed by atoms with Gasteiger partial charge in [-0.3, -0.25) is 24.0 Å². The summed E-state index contributed by atoms with van der Waals surface area (Å²) >= 11 is 0. The minimum absolute atomic E-state index is 0.0824. The molecule has 0 aromatic carbocycles. The minimum Gasteiger partial charge on any atom is -0.463 e. The van der Waals surface area contributed by atoms with E-state index >= 15 is 0 Å². The van der Waals surface area contributed by atoms with Crippen LogP contribution in [0.1, 0.15) is 98.8 Å². The van der Waals surface area contributed by atoms with E-state index in [2.05, 4.69) is 5.32 Å². The van der Waals surface area contributed by atoms with Crippen LogP contribution in [-0.2, 0) is 47.7 Å². The molecule has 11 nitrogen and oxygen atoms in total. The van der Waals surface area contributed by atoms with E-state index in [1.807, 2.05) is 13.8 Å². The molecule has 1 N–H and O–H groups in total. The third-order valence-electron chi connectivity index (χ3n) is 5.46. The van der Waals surface area contributed by atoms with Crippen LogP contribution >= 0.6 is 0 Å². The van der Waals surface area contributed by atoms with Gasteiger partial charge in [0.1, 0.15) is 18.8 Å². The molecule has 0 aromatic rings. The van der Waals surface area contributed by atoms with Crippen molar-refractivity contribution in [2.24, 2.45) is 0 Å². The summed E-state index contributed by atoms with van der Waals surface area (Å²) in [6, 6.07) is -1.15. The minimum atomic E-state index is -1.37. The van der Waals surface area contributed by atoms with Gasteiger partial charge in [0.25, 0.3) is 0 Å². The molecule has 1 fully saturated rings. The lowest BCUT2D eigenvalue weighted by molar-refractivity contribution is -0.272. The van der Waals surface area contributed by atoms with Crippen molar-refractivity contribution in [3.05, 3.63) is 0 Å². The third-order valence-corrected chi connectivity index (χ3v) is 5.46. The summed E-state index contributed by atoms with van der Waals surface area (Å²) in [6.45, 7) is 8.72. The SMILES string of the molecule is CCCC(=[18O])N[C@H]1C([18O]C(=[18O])CCC)[18O][C@H](C[18O]C(=[18O])CCC)[C@@H]([18O]C(=[18O])CCC)[C@@H]1[18O]C(=[18O])CCC. The van der Waals surface area contributed by atoms with E-state index in [9.17, 15) is 24.0 Å². The molecule has 212 valence electrons. The summed E-state index contributed by atoms with van der Waals surface area (Å²) in [5, 5.41) is 2.74. The first-order valence-electron chi connectivity index (χ1n) is 13.4. The van der Waals surface area contributed by atoms with Gasteiger partial charge in [-0.15, -0.1) is 0 Å². The number of amides is 1. The van der Waals surface area contributed by atoms with E-state index < -0.39 is 54.5 Å². The van der Waals surface area contributed by atoms with Gasteiger partial charge < -0.3 is 29.0 Å². The Balaban J connectivity index is 3.45. The van der Waals surface area contributed by atoms with Crippen LogP contribution in [0.15, 0.2) is 0 Å². The topological polar surface area (TPSA) is 144 Å². The fraction of sp³-hybridized carbons (Fsp3) is 0.808. The largest absolute Gasteiger partial charge is 0.463 e. The molecule has 1 aliphatic heterocycles. The van der Waals surface area contributed by atoms with E-state index in [0.29, 0.717) is 32.1 Å². The van der Waals surface area contributed by atoms with Gasteiger partial charge >= 0.3 is 23.9 Å². The van der Waals surface area contributed by atoms with E-state index in [-0.39, 0.29) is 44.6 Å². The molecule has 0 spiro atoms. The lowest BCUT2D eigenvalue weighted by atomic mass is 10.0. The molecule has 1 saturated heterocycles. The zero-order chi connectivity index (χ0) is 27.8. The first kappa shape index (κ1) is 32.3. The van der Waals surface area contributed by atoms with Crippen LogP contribution in [0.5, 0.6) is 0 Å². The van der Waals surface area contributed by atoms with Crippen LogP contribution in [0.25, 0.3) is 0 Å². The highest BCUT2D eigenvalue weighted by Crippen LogP contribution is 2.29. The predicted molar refractivity (Wildman–Crippen MR) is 132 cm³/mol. The fourth-order valence-corrected chi connectivity index (χ4v) is 3.73. The summed E-state index contributed by atoms with van der Waals surface area (Å²) < 4.78 is 28.2. The Hall–Kier alpha value is -2.69. The van der Waals surface area contributed by atoms with Gasteiger partial charge in [0, 0.05) is 32.1 Å². The lowest BCUT2D eigenvalue weighted by Crippen LogP contribution is -2.67. The number of hydrogen-bond donors (Lipinski definition) is 1. The van der Waals surface area contributed by atoms with Crippen molar-refractivity contribution in [1.82, 2.24) is 5.32 Å². The summed E-state index contributed by atoms with van der Waals surface area (Å²) in [7, 11) is 0. The van der Waals surface area contributed by atoms with Crippen LogP contribution < -0.4 is 5.32 Å². The van der Waals surface area contributed by atoms with E-state index in [1.165, 1.54) is 0 Å². The number of carbonyl (C=O) groups excluding carboxylic acids is 5. The molecule has 1 amide bonds. The number of ether oxygens (including phenoxy) is 5. The molecule has 37 heavy (non-hydrogen) atoms. The average Bonchev–Trinajstić information content (AvgIpc) is 2.82. The highest BCUT2D eigenvalue weighted by atomic mass is 18.5. The zero-order valence-corrected chi connectivity index (χ0v) is 22.7. The molecule has 1 unspecified atom stereocenters. The van der Waals surface area contributed by atoms with Crippen molar-refractivity contribution < 1.29 is 47.7 Å². The summed E-state index contributed by atoms with van der Waals surface area (Å²) in [6.07, 6.45) is -1.68.